The van der Waals surface area contributed by atoms with Crippen LogP contribution in [0.4, 0.5) is 5.69 Å². The monoisotopic (exact) mass is 310 g/mol. The Kier molecular flexibility index (Phi) is 3.78. The smallest absolute Gasteiger partial charge is 0.243 e. The van der Waals surface area contributed by atoms with Gasteiger partial charge < -0.3 is 15.9 Å². The molecule has 0 unspecified atom stereocenters. The highest BCUT2D eigenvalue weighted by molar-refractivity contribution is 6.08. The third kappa shape index (κ3) is 3.19. The van der Waals surface area contributed by atoms with Crippen molar-refractivity contribution >= 4 is 23.3 Å². The van der Waals surface area contributed by atoms with Gasteiger partial charge in [0, 0.05) is 11.6 Å². The van der Waals surface area contributed by atoms with Gasteiger partial charge in [-0.05, 0) is 18.2 Å². The molecule has 1 aliphatic rings. The highest BCUT2D eigenvalue weighted by atomic mass is 16.3. The van der Waals surface area contributed by atoms with Gasteiger partial charge in [0.15, 0.2) is 0 Å². The Morgan fingerprint density at radius 2 is 2.00 bits per heavy atom. The van der Waals surface area contributed by atoms with Crippen LogP contribution in [0, 0.1) is 5.41 Å². The summed E-state index contributed by atoms with van der Waals surface area (Å²) >= 11 is 0. The molecule has 0 amide bonds. The average Bonchev–Trinajstić information content (AvgIpc) is 2.50. The third-order valence-electron chi connectivity index (χ3n) is 3.43. The minimum atomic E-state index is -0.278. The maximum absolute atomic E-state index is 9.92. The summed E-state index contributed by atoms with van der Waals surface area (Å²) in [7, 11) is 0. The molecule has 0 aliphatic carbocycles. The topological polar surface area (TPSA) is 132 Å². The standard InChI is InChI=1S/C16H15N5O2/c17-16(18)21-15-11-3-1-2-4-12(11)19-14(20-15)7-9-5-6-10(22)8-13(9)23/h1-6,8,22-23H,7H2,(H4,17,18,19,20,21)/p+1. The number of rotatable bonds is 2. The van der Waals surface area contributed by atoms with E-state index < -0.39 is 0 Å². The average molecular weight is 310 g/mol. The fourth-order valence-electron chi connectivity index (χ4n) is 2.42. The molecule has 116 valence electrons. The summed E-state index contributed by atoms with van der Waals surface area (Å²) < 4.78 is 0. The van der Waals surface area contributed by atoms with Gasteiger partial charge in [-0.15, -0.1) is 0 Å². The first-order chi connectivity index (χ1) is 11.0. The number of phenols is 2. The predicted octanol–water partition coefficient (Wildman–Crippen LogP) is 0.588. The van der Waals surface area contributed by atoms with Crippen LogP contribution >= 0.6 is 0 Å². The van der Waals surface area contributed by atoms with Crippen LogP contribution in [0.2, 0.25) is 0 Å². The normalized spacial score (nSPS) is 15.1. The number of nitrogens with one attached hydrogen (secondary N) is 1. The molecule has 1 aliphatic heterocycles. The number of benzene rings is 2. The Balaban J connectivity index is 1.98. The first kappa shape index (κ1) is 14.7. The quantitative estimate of drug-likeness (QED) is 0.411. The fraction of sp³-hybridized carbons (Fsp3) is 0.0625. The van der Waals surface area contributed by atoms with Crippen molar-refractivity contribution in [1.29, 1.82) is 5.41 Å². The van der Waals surface area contributed by atoms with Crippen LogP contribution < -0.4 is 11.1 Å². The zero-order chi connectivity index (χ0) is 16.4. The molecule has 3 rings (SSSR count). The van der Waals surface area contributed by atoms with Crippen LogP contribution in [-0.4, -0.2) is 27.8 Å². The number of hydrogen-bond donors (Lipinski definition) is 5. The van der Waals surface area contributed by atoms with E-state index in [0.29, 0.717) is 23.7 Å². The third-order valence-corrected chi connectivity index (χ3v) is 3.43. The number of para-hydroxylation sites is 1. The lowest BCUT2D eigenvalue weighted by Gasteiger charge is -2.15. The molecule has 0 bridgehead atoms. The minimum absolute atomic E-state index is 0.00462. The molecule has 2 aromatic carbocycles. The van der Waals surface area contributed by atoms with Crippen molar-refractivity contribution < 1.29 is 15.5 Å². The first-order valence-corrected chi connectivity index (χ1v) is 6.98. The molecule has 0 aromatic heterocycles. The van der Waals surface area contributed by atoms with E-state index in [1.165, 1.54) is 12.1 Å². The fourth-order valence-corrected chi connectivity index (χ4v) is 2.42. The van der Waals surface area contributed by atoms with Crippen LogP contribution in [0.5, 0.6) is 11.5 Å². The number of fused-ring (bicyclic) bond motifs is 1. The van der Waals surface area contributed by atoms with Crippen molar-refractivity contribution in [2.75, 3.05) is 0 Å². The summed E-state index contributed by atoms with van der Waals surface area (Å²) in [6, 6.07) is 11.9. The van der Waals surface area contributed by atoms with E-state index in [0.717, 1.165) is 11.3 Å². The number of nitrogens with two attached hydrogens (primary N) is 2. The summed E-state index contributed by atoms with van der Waals surface area (Å²) in [5.74, 6) is 0.982. The molecule has 7 heteroatoms. The van der Waals surface area contributed by atoms with Crippen LogP contribution in [-0.2, 0) is 6.42 Å². The zero-order valence-electron chi connectivity index (χ0n) is 12.2. The molecule has 0 atom stereocenters. The number of amidine groups is 2. The van der Waals surface area contributed by atoms with E-state index in [1.807, 2.05) is 24.3 Å². The van der Waals surface area contributed by atoms with Crippen molar-refractivity contribution in [3.05, 3.63) is 53.6 Å². The number of aromatic hydroxyl groups is 2. The van der Waals surface area contributed by atoms with Crippen LogP contribution in [0.3, 0.4) is 0 Å². The van der Waals surface area contributed by atoms with Gasteiger partial charge in [0.25, 0.3) is 0 Å². The SMILES string of the molecule is N=C(N)N=C1[NH2+]C(Cc2ccc(O)cc2O)=Nc2ccccc21. The predicted molar refractivity (Wildman–Crippen MR) is 87.4 cm³/mol. The maximum Gasteiger partial charge on any atom is 0.243 e. The first-order valence-electron chi connectivity index (χ1n) is 6.98. The van der Waals surface area contributed by atoms with Gasteiger partial charge in [0.2, 0.25) is 17.6 Å². The van der Waals surface area contributed by atoms with Crippen molar-refractivity contribution in [3.8, 4) is 11.5 Å². The Morgan fingerprint density at radius 1 is 1.22 bits per heavy atom. The second kappa shape index (κ2) is 5.90. The number of phenolic OH excluding ortho intramolecular Hbond substituents is 2. The summed E-state index contributed by atoms with van der Waals surface area (Å²) in [6.45, 7) is 0. The lowest BCUT2D eigenvalue weighted by Crippen LogP contribution is -2.93. The lowest BCUT2D eigenvalue weighted by molar-refractivity contribution is -0.410. The molecule has 0 fully saturated rings. The Morgan fingerprint density at radius 3 is 2.74 bits per heavy atom. The van der Waals surface area contributed by atoms with Gasteiger partial charge in [-0.25, -0.2) is 0 Å². The second-order valence-electron chi connectivity index (χ2n) is 5.14. The van der Waals surface area contributed by atoms with E-state index in [4.69, 9.17) is 11.1 Å². The van der Waals surface area contributed by atoms with Gasteiger partial charge in [-0.1, -0.05) is 18.2 Å². The molecule has 1 heterocycles. The van der Waals surface area contributed by atoms with Crippen LogP contribution in [0.25, 0.3) is 0 Å². The molecule has 2 aromatic rings. The zero-order valence-corrected chi connectivity index (χ0v) is 12.2. The van der Waals surface area contributed by atoms with Crippen LogP contribution in [0.15, 0.2) is 52.4 Å². The minimum Gasteiger partial charge on any atom is -0.508 e. The van der Waals surface area contributed by atoms with Gasteiger partial charge in [-0.3, -0.25) is 10.7 Å². The summed E-state index contributed by atoms with van der Waals surface area (Å²) in [5, 5.41) is 28.4. The Hall–Kier alpha value is -3.19. The molecule has 0 saturated carbocycles. The van der Waals surface area contributed by atoms with E-state index in [9.17, 15) is 10.2 Å². The Labute approximate surface area is 132 Å². The van der Waals surface area contributed by atoms with Crippen molar-refractivity contribution in [2.45, 2.75) is 6.42 Å². The number of guanidine groups is 1. The van der Waals surface area contributed by atoms with Gasteiger partial charge in [-0.2, -0.15) is 9.98 Å². The van der Waals surface area contributed by atoms with E-state index in [1.54, 1.807) is 11.4 Å². The highest BCUT2D eigenvalue weighted by Gasteiger charge is 2.23. The molecule has 0 saturated heterocycles. The van der Waals surface area contributed by atoms with Gasteiger partial charge in [0.05, 0.1) is 17.7 Å². The van der Waals surface area contributed by atoms with Crippen molar-refractivity contribution in [1.82, 2.24) is 0 Å². The van der Waals surface area contributed by atoms with Gasteiger partial charge in [0.1, 0.15) is 11.5 Å². The molecule has 7 nitrogen and oxygen atoms in total. The number of nitrogens with zero attached hydrogens (tertiary/aromatic N) is 2. The lowest BCUT2D eigenvalue weighted by atomic mass is 10.1. The van der Waals surface area contributed by atoms with Crippen molar-refractivity contribution in [2.24, 2.45) is 15.7 Å². The molecular weight excluding hydrogens is 294 g/mol. The highest BCUT2D eigenvalue weighted by Crippen LogP contribution is 2.25. The van der Waals surface area contributed by atoms with E-state index >= 15 is 0 Å². The molecule has 7 N–H and O–H groups in total. The second-order valence-corrected chi connectivity index (χ2v) is 5.14. The van der Waals surface area contributed by atoms with E-state index in [2.05, 4.69) is 9.98 Å². The van der Waals surface area contributed by atoms with Gasteiger partial charge >= 0.3 is 0 Å². The summed E-state index contributed by atoms with van der Waals surface area (Å²) in [4.78, 5) is 8.60. The number of hydrogen-bond acceptors (Lipinski definition) is 4. The van der Waals surface area contributed by atoms with Crippen LogP contribution in [0.1, 0.15) is 11.1 Å². The molecular formula is C16H16N5O2+. The number of quaternary nitrogens is 1. The molecule has 0 spiro atoms. The maximum atomic E-state index is 9.92. The number of aliphatic imine (C=N–C) groups is 2. The molecule has 0 radical (unpaired) electrons. The van der Waals surface area contributed by atoms with Crippen molar-refractivity contribution in [3.63, 3.8) is 0 Å². The van der Waals surface area contributed by atoms with E-state index in [-0.39, 0.29) is 17.5 Å². The summed E-state index contributed by atoms with van der Waals surface area (Å²) in [6.07, 6.45) is 0.372. The Bertz CT molecular complexity index is 842. The summed E-state index contributed by atoms with van der Waals surface area (Å²) in [5.41, 5.74) is 7.57. The molecule has 23 heavy (non-hydrogen) atoms. The largest absolute Gasteiger partial charge is 0.508 e.